The lowest BCUT2D eigenvalue weighted by Gasteiger charge is -2.35. The second kappa shape index (κ2) is 5.80. The van der Waals surface area contributed by atoms with Crippen molar-refractivity contribution in [3.8, 4) is 0 Å². The van der Waals surface area contributed by atoms with Gasteiger partial charge in [-0.3, -0.25) is 0 Å². The van der Waals surface area contributed by atoms with E-state index in [1.807, 2.05) is 0 Å². The highest BCUT2D eigenvalue weighted by molar-refractivity contribution is 7.13. The highest BCUT2D eigenvalue weighted by Crippen LogP contribution is 2.16. The van der Waals surface area contributed by atoms with E-state index in [0.29, 0.717) is 5.13 Å². The molecule has 2 heterocycles. The van der Waals surface area contributed by atoms with Crippen molar-refractivity contribution in [3.63, 3.8) is 0 Å². The van der Waals surface area contributed by atoms with Crippen LogP contribution in [0.1, 0.15) is 18.5 Å². The molecule has 1 aromatic heterocycles. The predicted octanol–water partition coefficient (Wildman–Crippen LogP) is 1.29. The van der Waals surface area contributed by atoms with E-state index in [1.165, 1.54) is 37.3 Å². The minimum atomic E-state index is 0.686. The van der Waals surface area contributed by atoms with Crippen LogP contribution in [0.25, 0.3) is 0 Å². The minimum Gasteiger partial charge on any atom is -0.375 e. The molecule has 1 aliphatic heterocycles. The van der Waals surface area contributed by atoms with Crippen LogP contribution >= 0.6 is 11.3 Å². The van der Waals surface area contributed by atoms with E-state index in [4.69, 9.17) is 5.73 Å². The molecule has 0 radical (unpaired) electrons. The number of nitrogens with zero attached hydrogens (tertiary/aromatic N) is 3. The Kier molecular flexibility index (Phi) is 4.36. The van der Waals surface area contributed by atoms with Gasteiger partial charge in [-0.05, 0) is 40.0 Å². The van der Waals surface area contributed by atoms with E-state index >= 15 is 0 Å². The van der Waals surface area contributed by atoms with Crippen LogP contribution in [-0.2, 0) is 6.42 Å². The average molecular weight is 254 g/mol. The van der Waals surface area contributed by atoms with Crippen molar-refractivity contribution < 1.29 is 0 Å². The fourth-order valence-electron chi connectivity index (χ4n) is 2.37. The summed E-state index contributed by atoms with van der Waals surface area (Å²) in [5.41, 5.74) is 6.77. The number of hydrogen-bond donors (Lipinski definition) is 1. The number of nitrogen functional groups attached to an aromatic ring is 1. The lowest BCUT2D eigenvalue weighted by atomic mass is 10.0. The third-order valence-corrected chi connectivity index (χ3v) is 4.26. The molecule has 2 rings (SSSR count). The number of anilines is 1. The lowest BCUT2D eigenvalue weighted by Crippen LogP contribution is -2.42. The molecule has 1 aromatic rings. The SMILES string of the molecule is CN(C)C1CCN(CCc2csc(N)n2)CC1. The van der Waals surface area contributed by atoms with Crippen LogP contribution in [0.4, 0.5) is 5.13 Å². The topological polar surface area (TPSA) is 45.4 Å². The number of rotatable bonds is 4. The van der Waals surface area contributed by atoms with Crippen molar-refractivity contribution in [2.75, 3.05) is 39.5 Å². The average Bonchev–Trinajstić information content (AvgIpc) is 2.73. The van der Waals surface area contributed by atoms with Crippen molar-refractivity contribution in [1.29, 1.82) is 0 Å². The molecule has 0 unspecified atom stereocenters. The molecule has 0 aliphatic carbocycles. The van der Waals surface area contributed by atoms with Gasteiger partial charge in [-0.2, -0.15) is 0 Å². The first-order valence-corrected chi connectivity index (χ1v) is 7.12. The Bertz CT molecular complexity index is 342. The third-order valence-electron chi connectivity index (χ3n) is 3.54. The monoisotopic (exact) mass is 254 g/mol. The van der Waals surface area contributed by atoms with Crippen molar-refractivity contribution in [1.82, 2.24) is 14.8 Å². The molecule has 0 aromatic carbocycles. The van der Waals surface area contributed by atoms with Crippen molar-refractivity contribution in [2.45, 2.75) is 25.3 Å². The first kappa shape index (κ1) is 12.8. The van der Waals surface area contributed by atoms with Gasteiger partial charge < -0.3 is 15.5 Å². The van der Waals surface area contributed by atoms with Gasteiger partial charge in [0.2, 0.25) is 0 Å². The van der Waals surface area contributed by atoms with E-state index in [0.717, 1.165) is 24.7 Å². The van der Waals surface area contributed by atoms with E-state index in [9.17, 15) is 0 Å². The fourth-order valence-corrected chi connectivity index (χ4v) is 2.97. The zero-order valence-electron chi connectivity index (χ0n) is 10.7. The summed E-state index contributed by atoms with van der Waals surface area (Å²) in [6.07, 6.45) is 3.60. The molecule has 0 saturated carbocycles. The maximum absolute atomic E-state index is 5.63. The molecule has 1 aliphatic rings. The van der Waals surface area contributed by atoms with Gasteiger partial charge >= 0.3 is 0 Å². The van der Waals surface area contributed by atoms with Crippen LogP contribution < -0.4 is 5.73 Å². The van der Waals surface area contributed by atoms with Crippen LogP contribution in [0, 0.1) is 0 Å². The molecule has 0 spiro atoms. The Balaban J connectivity index is 1.71. The second-order valence-electron chi connectivity index (χ2n) is 4.96. The Morgan fingerprint density at radius 3 is 2.71 bits per heavy atom. The van der Waals surface area contributed by atoms with E-state index in [-0.39, 0.29) is 0 Å². The summed E-state index contributed by atoms with van der Waals surface area (Å²) in [6, 6.07) is 0.765. The summed E-state index contributed by atoms with van der Waals surface area (Å²) in [6.45, 7) is 3.54. The predicted molar refractivity (Wildman–Crippen MR) is 73.4 cm³/mol. The smallest absolute Gasteiger partial charge is 0.180 e. The van der Waals surface area contributed by atoms with Gasteiger partial charge in [0.05, 0.1) is 5.69 Å². The summed E-state index contributed by atoms with van der Waals surface area (Å²) in [5, 5.41) is 2.76. The van der Waals surface area contributed by atoms with Gasteiger partial charge in [0.1, 0.15) is 0 Å². The van der Waals surface area contributed by atoms with Gasteiger partial charge in [0.15, 0.2) is 5.13 Å². The first-order valence-electron chi connectivity index (χ1n) is 6.24. The quantitative estimate of drug-likeness (QED) is 0.879. The maximum atomic E-state index is 5.63. The number of aromatic nitrogens is 1. The first-order chi connectivity index (χ1) is 8.15. The molecule has 0 bridgehead atoms. The highest BCUT2D eigenvalue weighted by Gasteiger charge is 2.20. The fraction of sp³-hybridized carbons (Fsp3) is 0.750. The number of hydrogen-bond acceptors (Lipinski definition) is 5. The van der Waals surface area contributed by atoms with Crippen LogP contribution in [0.3, 0.4) is 0 Å². The number of nitrogens with two attached hydrogens (primary N) is 1. The Labute approximate surface area is 107 Å². The highest BCUT2D eigenvalue weighted by atomic mass is 32.1. The van der Waals surface area contributed by atoms with E-state index < -0.39 is 0 Å². The minimum absolute atomic E-state index is 0.686. The molecule has 4 nitrogen and oxygen atoms in total. The third kappa shape index (κ3) is 3.66. The zero-order valence-corrected chi connectivity index (χ0v) is 11.5. The Hall–Kier alpha value is -0.650. The summed E-state index contributed by atoms with van der Waals surface area (Å²) < 4.78 is 0. The molecule has 2 N–H and O–H groups in total. The molecule has 0 atom stereocenters. The van der Waals surface area contributed by atoms with E-state index in [2.05, 4.69) is 34.3 Å². The standard InChI is InChI=1S/C12H22N4S/c1-15(2)11-4-7-16(8-5-11)6-3-10-9-17-12(13)14-10/h9,11H,3-8H2,1-2H3,(H2,13,14). The summed E-state index contributed by atoms with van der Waals surface area (Å²) >= 11 is 1.54. The van der Waals surface area contributed by atoms with Gasteiger partial charge in [0.25, 0.3) is 0 Å². The molecule has 1 saturated heterocycles. The van der Waals surface area contributed by atoms with Crippen LogP contribution in [-0.4, -0.2) is 54.6 Å². The van der Waals surface area contributed by atoms with Gasteiger partial charge in [-0.25, -0.2) is 4.98 Å². The summed E-state index contributed by atoms with van der Waals surface area (Å²) in [5.74, 6) is 0. The van der Waals surface area contributed by atoms with Gasteiger partial charge in [0, 0.05) is 24.4 Å². The van der Waals surface area contributed by atoms with Crippen molar-refractivity contribution in [2.24, 2.45) is 0 Å². The molecule has 96 valence electrons. The lowest BCUT2D eigenvalue weighted by molar-refractivity contribution is 0.146. The Morgan fingerprint density at radius 1 is 1.47 bits per heavy atom. The number of likely N-dealkylation sites (tertiary alicyclic amines) is 1. The molecular formula is C12H22N4S. The Morgan fingerprint density at radius 2 is 2.18 bits per heavy atom. The van der Waals surface area contributed by atoms with Crippen LogP contribution in [0.15, 0.2) is 5.38 Å². The summed E-state index contributed by atoms with van der Waals surface area (Å²) in [7, 11) is 4.36. The number of thiazole rings is 1. The second-order valence-corrected chi connectivity index (χ2v) is 5.85. The molecule has 0 amide bonds. The molecule has 1 fully saturated rings. The van der Waals surface area contributed by atoms with Crippen molar-refractivity contribution >= 4 is 16.5 Å². The normalized spacial score (nSPS) is 19.0. The zero-order chi connectivity index (χ0) is 12.3. The molecule has 5 heteroatoms. The summed E-state index contributed by atoms with van der Waals surface area (Å²) in [4.78, 5) is 9.18. The molecule has 17 heavy (non-hydrogen) atoms. The largest absolute Gasteiger partial charge is 0.375 e. The maximum Gasteiger partial charge on any atom is 0.180 e. The molecular weight excluding hydrogens is 232 g/mol. The van der Waals surface area contributed by atoms with Gasteiger partial charge in [-0.15, -0.1) is 11.3 Å². The van der Waals surface area contributed by atoms with Gasteiger partial charge in [-0.1, -0.05) is 0 Å². The number of piperidine rings is 1. The van der Waals surface area contributed by atoms with E-state index in [1.54, 1.807) is 0 Å². The van der Waals surface area contributed by atoms with Crippen molar-refractivity contribution in [3.05, 3.63) is 11.1 Å². The van der Waals surface area contributed by atoms with Crippen LogP contribution in [0.5, 0.6) is 0 Å². The van der Waals surface area contributed by atoms with Crippen LogP contribution in [0.2, 0.25) is 0 Å².